The molecule has 4 N–H and O–H groups in total. The molecule has 13 heteroatoms. The number of furan rings is 1. The first-order valence-corrected chi connectivity index (χ1v) is 16.2. The molecule has 0 aliphatic rings. The van der Waals surface area contributed by atoms with Crippen molar-refractivity contribution in [3.05, 3.63) is 119 Å². The molecule has 4 heterocycles. The second-order valence-corrected chi connectivity index (χ2v) is 12.7. The molecule has 0 fully saturated rings. The van der Waals surface area contributed by atoms with Crippen molar-refractivity contribution >= 4 is 73.7 Å². The van der Waals surface area contributed by atoms with E-state index in [1.807, 2.05) is 48.5 Å². The molecule has 11 nitrogen and oxygen atoms in total. The molecule has 0 saturated heterocycles. The lowest BCUT2D eigenvalue weighted by atomic mass is 10.1. The molecular weight excluding hydrogens is 680 g/mol. The first-order chi connectivity index (χ1) is 22.8. The average Bonchev–Trinajstić information content (AvgIpc) is 3.60. The second-order valence-electron chi connectivity index (χ2n) is 10.7. The van der Waals surface area contributed by atoms with Crippen molar-refractivity contribution in [3.63, 3.8) is 0 Å². The van der Waals surface area contributed by atoms with Gasteiger partial charge >= 0.3 is 6.03 Å². The SMILES string of the molecule is CC(C)c1ccc2c(Nc3cc(C(=O)Nc4ccc(Br)cn4)ccc3Sc3ccc(NC(=O)NCc4ccoc4)cc3)ncnc2n1. The van der Waals surface area contributed by atoms with Gasteiger partial charge in [0.25, 0.3) is 5.91 Å². The van der Waals surface area contributed by atoms with Crippen LogP contribution in [-0.2, 0) is 6.54 Å². The molecule has 6 aromatic rings. The van der Waals surface area contributed by atoms with Gasteiger partial charge in [-0.15, -0.1) is 0 Å². The number of carbonyl (C=O) groups is 2. The number of fused-ring (bicyclic) bond motifs is 1. The van der Waals surface area contributed by atoms with Crippen LogP contribution in [0.25, 0.3) is 11.0 Å². The second kappa shape index (κ2) is 14.4. The van der Waals surface area contributed by atoms with Gasteiger partial charge in [-0.2, -0.15) is 0 Å². The van der Waals surface area contributed by atoms with E-state index in [9.17, 15) is 9.59 Å². The molecule has 0 saturated carbocycles. The quantitative estimate of drug-likeness (QED) is 0.110. The van der Waals surface area contributed by atoms with Gasteiger partial charge < -0.3 is 25.7 Å². The lowest BCUT2D eigenvalue weighted by Gasteiger charge is -2.15. The molecule has 236 valence electrons. The Labute approximate surface area is 283 Å². The first kappa shape index (κ1) is 31.7. The van der Waals surface area contributed by atoms with Crippen molar-refractivity contribution in [1.29, 1.82) is 0 Å². The van der Waals surface area contributed by atoms with E-state index >= 15 is 0 Å². The van der Waals surface area contributed by atoms with E-state index in [0.29, 0.717) is 40.8 Å². The maximum atomic E-state index is 13.2. The third-order valence-corrected chi connectivity index (χ3v) is 8.50. The Morgan fingerprint density at radius 2 is 1.79 bits per heavy atom. The number of nitrogens with zero attached hydrogens (tertiary/aromatic N) is 4. The number of aromatic nitrogens is 4. The summed E-state index contributed by atoms with van der Waals surface area (Å²) in [5.74, 6) is 0.940. The standard InChI is InChI=1S/C34H29BrN8O3S/c1-20(2)27-10-9-26-31(41-27)38-19-39-32(26)42-28-15-22(33(44)43-30-12-4-23(35)17-36-30)3-11-29(28)47-25-7-5-24(6-8-25)40-34(45)37-16-21-13-14-46-18-21/h3-15,17-20H,16H2,1-2H3,(H,36,43,44)(H2,37,40,45)(H,38,39,41,42). The Hall–Kier alpha value is -5.27. The van der Waals surface area contributed by atoms with Crippen LogP contribution in [0.1, 0.15) is 41.4 Å². The molecule has 6 rings (SSSR count). The summed E-state index contributed by atoms with van der Waals surface area (Å²) in [6, 6.07) is 21.8. The molecule has 0 aliphatic heterocycles. The topological polar surface area (TPSA) is 147 Å². The zero-order valence-corrected chi connectivity index (χ0v) is 27.7. The number of rotatable bonds is 10. The molecule has 0 spiro atoms. The highest BCUT2D eigenvalue weighted by Gasteiger charge is 2.15. The largest absolute Gasteiger partial charge is 0.472 e. The minimum Gasteiger partial charge on any atom is -0.472 e. The molecule has 2 aromatic carbocycles. The molecule has 0 radical (unpaired) electrons. The van der Waals surface area contributed by atoms with Gasteiger partial charge in [-0.25, -0.2) is 24.7 Å². The fourth-order valence-electron chi connectivity index (χ4n) is 4.49. The van der Waals surface area contributed by atoms with E-state index in [1.54, 1.807) is 43.0 Å². The summed E-state index contributed by atoms with van der Waals surface area (Å²) < 4.78 is 5.85. The number of halogens is 1. The van der Waals surface area contributed by atoms with Crippen molar-refractivity contribution in [2.75, 3.05) is 16.0 Å². The molecule has 0 unspecified atom stereocenters. The van der Waals surface area contributed by atoms with Gasteiger partial charge in [0.1, 0.15) is 18.0 Å². The Bertz CT molecular complexity index is 2020. The molecular formula is C34H29BrN8O3S. The Morgan fingerprint density at radius 3 is 2.53 bits per heavy atom. The maximum absolute atomic E-state index is 13.2. The van der Waals surface area contributed by atoms with E-state index in [0.717, 1.165) is 30.9 Å². The molecule has 4 aromatic heterocycles. The van der Waals surface area contributed by atoms with Crippen molar-refractivity contribution < 1.29 is 14.0 Å². The van der Waals surface area contributed by atoms with Crippen LogP contribution < -0.4 is 21.3 Å². The van der Waals surface area contributed by atoms with Gasteiger partial charge in [0, 0.05) is 49.5 Å². The fraction of sp³-hybridized carbons (Fsp3) is 0.118. The molecule has 0 atom stereocenters. The number of hydrogen-bond acceptors (Lipinski definition) is 9. The number of anilines is 4. The third-order valence-electron chi connectivity index (χ3n) is 6.95. The Kier molecular flexibility index (Phi) is 9.74. The summed E-state index contributed by atoms with van der Waals surface area (Å²) in [5.41, 5.74) is 4.13. The number of amides is 3. The van der Waals surface area contributed by atoms with E-state index in [2.05, 4.69) is 66.0 Å². The predicted molar refractivity (Wildman–Crippen MR) is 186 cm³/mol. The van der Waals surface area contributed by atoms with Crippen LogP contribution in [0.4, 0.5) is 27.8 Å². The smallest absolute Gasteiger partial charge is 0.319 e. The molecule has 3 amide bonds. The van der Waals surface area contributed by atoms with Gasteiger partial charge in [0.15, 0.2) is 5.65 Å². The normalized spacial score (nSPS) is 11.0. The minimum absolute atomic E-state index is 0.252. The van der Waals surface area contributed by atoms with E-state index in [1.165, 1.54) is 18.1 Å². The number of carbonyl (C=O) groups excluding carboxylic acids is 2. The first-order valence-electron chi connectivity index (χ1n) is 14.6. The highest BCUT2D eigenvalue weighted by Crippen LogP contribution is 2.37. The lowest BCUT2D eigenvalue weighted by molar-refractivity contribution is 0.102. The number of urea groups is 1. The highest BCUT2D eigenvalue weighted by atomic mass is 79.9. The fourth-order valence-corrected chi connectivity index (χ4v) is 5.60. The van der Waals surface area contributed by atoms with Gasteiger partial charge in [0.05, 0.1) is 23.6 Å². The van der Waals surface area contributed by atoms with Crippen molar-refractivity contribution in [1.82, 2.24) is 25.3 Å². The molecule has 0 aliphatic carbocycles. The summed E-state index contributed by atoms with van der Waals surface area (Å²) in [5, 5.41) is 12.7. The predicted octanol–water partition coefficient (Wildman–Crippen LogP) is 8.37. The van der Waals surface area contributed by atoms with Crippen molar-refractivity contribution in [3.8, 4) is 0 Å². The summed E-state index contributed by atoms with van der Waals surface area (Å²) in [4.78, 5) is 45.2. The van der Waals surface area contributed by atoms with Crippen molar-refractivity contribution in [2.45, 2.75) is 36.1 Å². The van der Waals surface area contributed by atoms with Gasteiger partial charge in [-0.3, -0.25) is 4.79 Å². The van der Waals surface area contributed by atoms with Crippen LogP contribution in [-0.4, -0.2) is 31.9 Å². The van der Waals surface area contributed by atoms with E-state index in [-0.39, 0.29) is 17.9 Å². The Morgan fingerprint density at radius 1 is 0.936 bits per heavy atom. The summed E-state index contributed by atoms with van der Waals surface area (Å²) >= 11 is 4.86. The maximum Gasteiger partial charge on any atom is 0.319 e. The van der Waals surface area contributed by atoms with Crippen LogP contribution >= 0.6 is 27.7 Å². The third kappa shape index (κ3) is 8.12. The van der Waals surface area contributed by atoms with Crippen molar-refractivity contribution in [2.24, 2.45) is 0 Å². The minimum atomic E-state index is -0.322. The van der Waals surface area contributed by atoms with E-state index in [4.69, 9.17) is 9.40 Å². The Balaban J connectivity index is 1.24. The number of hydrogen-bond donors (Lipinski definition) is 4. The zero-order chi connectivity index (χ0) is 32.8. The number of nitrogens with one attached hydrogen (secondary N) is 4. The van der Waals surface area contributed by atoms with Crippen LogP contribution in [0.15, 0.2) is 117 Å². The van der Waals surface area contributed by atoms with Gasteiger partial charge in [-0.1, -0.05) is 25.6 Å². The lowest BCUT2D eigenvalue weighted by Crippen LogP contribution is -2.27. The number of pyridine rings is 2. The van der Waals surface area contributed by atoms with Crippen LogP contribution in [0.5, 0.6) is 0 Å². The monoisotopic (exact) mass is 708 g/mol. The summed E-state index contributed by atoms with van der Waals surface area (Å²) in [6.07, 6.45) is 6.24. The van der Waals surface area contributed by atoms with Gasteiger partial charge in [0.2, 0.25) is 0 Å². The van der Waals surface area contributed by atoms with Crippen LogP contribution in [0.3, 0.4) is 0 Å². The average molecular weight is 710 g/mol. The summed E-state index contributed by atoms with van der Waals surface area (Å²) in [7, 11) is 0. The van der Waals surface area contributed by atoms with Gasteiger partial charge in [-0.05, 0) is 94.6 Å². The summed E-state index contributed by atoms with van der Waals surface area (Å²) in [6.45, 7) is 4.52. The highest BCUT2D eigenvalue weighted by molar-refractivity contribution is 9.10. The van der Waals surface area contributed by atoms with E-state index < -0.39 is 0 Å². The van der Waals surface area contributed by atoms with Crippen LogP contribution in [0.2, 0.25) is 0 Å². The zero-order valence-electron chi connectivity index (χ0n) is 25.3. The molecule has 0 bridgehead atoms. The van der Waals surface area contributed by atoms with Crippen LogP contribution in [0, 0.1) is 0 Å². The number of benzene rings is 2. The molecule has 47 heavy (non-hydrogen) atoms.